The van der Waals surface area contributed by atoms with Crippen molar-refractivity contribution in [1.82, 2.24) is 10.2 Å². The van der Waals surface area contributed by atoms with Crippen molar-refractivity contribution < 1.29 is 0 Å². The molecule has 2 saturated carbocycles. The molecule has 1 saturated heterocycles. The third-order valence-electron chi connectivity index (χ3n) is 6.49. The smallest absolute Gasteiger partial charge is 0.0309 e. The molecule has 0 spiro atoms. The van der Waals surface area contributed by atoms with Crippen LogP contribution in [0, 0.1) is 11.8 Å². The summed E-state index contributed by atoms with van der Waals surface area (Å²) in [7, 11) is 0. The van der Waals surface area contributed by atoms with Crippen LogP contribution in [-0.4, -0.2) is 35.6 Å². The predicted octanol–water partition coefficient (Wildman–Crippen LogP) is 3.81. The van der Waals surface area contributed by atoms with Crippen molar-refractivity contribution in [3.8, 4) is 0 Å². The number of rotatable bonds is 4. The number of hydrogen-bond donors (Lipinski definition) is 1. The van der Waals surface area contributed by atoms with Crippen LogP contribution in [-0.2, 0) is 0 Å². The molecule has 0 amide bonds. The molecule has 0 bridgehead atoms. The Morgan fingerprint density at radius 1 is 1.05 bits per heavy atom. The second-order valence-electron chi connectivity index (χ2n) is 7.83. The average molecular weight is 278 g/mol. The molecule has 1 aliphatic heterocycles. The highest BCUT2D eigenvalue weighted by Crippen LogP contribution is 2.43. The molecule has 2 nitrogen and oxygen atoms in total. The quantitative estimate of drug-likeness (QED) is 0.841. The number of piperazine rings is 1. The summed E-state index contributed by atoms with van der Waals surface area (Å²) in [6.07, 6.45) is 11.5. The molecule has 0 radical (unpaired) electrons. The van der Waals surface area contributed by atoms with Gasteiger partial charge in [-0.25, -0.2) is 0 Å². The first kappa shape index (κ1) is 14.8. The number of nitrogens with zero attached hydrogens (tertiary/aromatic N) is 1. The van der Waals surface area contributed by atoms with Crippen molar-refractivity contribution in [2.75, 3.05) is 13.1 Å². The van der Waals surface area contributed by atoms with Gasteiger partial charge >= 0.3 is 0 Å². The maximum atomic E-state index is 3.92. The second kappa shape index (κ2) is 5.96. The first-order valence-corrected chi connectivity index (χ1v) is 9.18. The third kappa shape index (κ3) is 2.78. The lowest BCUT2D eigenvalue weighted by Gasteiger charge is -2.52. The Labute approximate surface area is 125 Å². The summed E-state index contributed by atoms with van der Waals surface area (Å²) in [5.74, 6) is 1.91. The van der Waals surface area contributed by atoms with E-state index in [2.05, 4.69) is 31.0 Å². The monoisotopic (exact) mass is 278 g/mol. The van der Waals surface area contributed by atoms with Gasteiger partial charge in [-0.3, -0.25) is 4.90 Å². The molecule has 2 aliphatic carbocycles. The van der Waals surface area contributed by atoms with Crippen molar-refractivity contribution in [2.24, 2.45) is 11.8 Å². The minimum absolute atomic E-state index is 0.404. The third-order valence-corrected chi connectivity index (χ3v) is 6.49. The topological polar surface area (TPSA) is 15.3 Å². The molecule has 0 aromatic carbocycles. The van der Waals surface area contributed by atoms with E-state index >= 15 is 0 Å². The molecule has 4 unspecified atom stereocenters. The summed E-state index contributed by atoms with van der Waals surface area (Å²) in [4.78, 5) is 2.95. The van der Waals surface area contributed by atoms with Crippen LogP contribution in [0.25, 0.3) is 0 Å². The van der Waals surface area contributed by atoms with Gasteiger partial charge in [-0.2, -0.15) is 0 Å². The minimum atomic E-state index is 0.404. The van der Waals surface area contributed by atoms with Crippen molar-refractivity contribution in [2.45, 2.75) is 89.8 Å². The van der Waals surface area contributed by atoms with Crippen molar-refractivity contribution in [3.05, 3.63) is 0 Å². The fourth-order valence-corrected chi connectivity index (χ4v) is 4.89. The Hall–Kier alpha value is -0.0800. The molecular weight excluding hydrogens is 244 g/mol. The lowest BCUT2D eigenvalue weighted by Crippen LogP contribution is -2.66. The van der Waals surface area contributed by atoms with Crippen LogP contribution in [0.2, 0.25) is 0 Å². The van der Waals surface area contributed by atoms with Crippen LogP contribution in [0.4, 0.5) is 0 Å². The predicted molar refractivity (Wildman–Crippen MR) is 86.0 cm³/mol. The van der Waals surface area contributed by atoms with Gasteiger partial charge in [0.25, 0.3) is 0 Å². The largest absolute Gasteiger partial charge is 0.308 e. The molecule has 4 atom stereocenters. The lowest BCUT2D eigenvalue weighted by molar-refractivity contribution is -0.00135. The summed E-state index contributed by atoms with van der Waals surface area (Å²) in [6.45, 7) is 9.80. The number of nitrogens with one attached hydrogen (secondary N) is 1. The Kier molecular flexibility index (Phi) is 4.42. The van der Waals surface area contributed by atoms with Crippen LogP contribution < -0.4 is 5.32 Å². The summed E-state index contributed by atoms with van der Waals surface area (Å²) in [6, 6.07) is 1.65. The first-order valence-electron chi connectivity index (χ1n) is 9.18. The van der Waals surface area contributed by atoms with Gasteiger partial charge in [-0.15, -0.1) is 0 Å². The maximum absolute atomic E-state index is 3.92. The first-order chi connectivity index (χ1) is 9.68. The molecule has 3 rings (SSSR count). The molecule has 116 valence electrons. The van der Waals surface area contributed by atoms with Crippen molar-refractivity contribution in [1.29, 1.82) is 0 Å². The van der Waals surface area contributed by atoms with E-state index in [9.17, 15) is 0 Å². The highest BCUT2D eigenvalue weighted by molar-refractivity contribution is 5.05. The molecular formula is C18H34N2. The summed E-state index contributed by atoms with van der Waals surface area (Å²) >= 11 is 0. The van der Waals surface area contributed by atoms with Crippen LogP contribution in [0.5, 0.6) is 0 Å². The van der Waals surface area contributed by atoms with Gasteiger partial charge in [0.15, 0.2) is 0 Å². The highest BCUT2D eigenvalue weighted by Gasteiger charge is 2.47. The van der Waals surface area contributed by atoms with E-state index in [1.807, 2.05) is 0 Å². The summed E-state index contributed by atoms with van der Waals surface area (Å²) in [5.41, 5.74) is 0.404. The zero-order chi connectivity index (χ0) is 14.2. The van der Waals surface area contributed by atoms with E-state index in [1.54, 1.807) is 0 Å². The zero-order valence-electron chi connectivity index (χ0n) is 13.8. The number of hydrogen-bond acceptors (Lipinski definition) is 2. The Balaban J connectivity index is 1.75. The van der Waals surface area contributed by atoms with Gasteiger partial charge in [0, 0.05) is 30.7 Å². The van der Waals surface area contributed by atoms with Gasteiger partial charge < -0.3 is 5.32 Å². The molecule has 1 heterocycles. The summed E-state index contributed by atoms with van der Waals surface area (Å²) in [5, 5.41) is 3.92. The summed E-state index contributed by atoms with van der Waals surface area (Å²) < 4.78 is 0. The molecule has 2 heteroatoms. The van der Waals surface area contributed by atoms with Gasteiger partial charge in [0.05, 0.1) is 0 Å². The van der Waals surface area contributed by atoms with E-state index in [4.69, 9.17) is 0 Å². The normalized spacial score (nSPS) is 43.6. The molecule has 0 aromatic heterocycles. The van der Waals surface area contributed by atoms with Gasteiger partial charge in [-0.05, 0) is 50.9 Å². The Morgan fingerprint density at radius 3 is 2.45 bits per heavy atom. The van der Waals surface area contributed by atoms with Crippen LogP contribution in [0.1, 0.15) is 72.1 Å². The molecule has 0 aromatic rings. The van der Waals surface area contributed by atoms with Gasteiger partial charge in [0.2, 0.25) is 0 Å². The van der Waals surface area contributed by atoms with Crippen LogP contribution >= 0.6 is 0 Å². The zero-order valence-corrected chi connectivity index (χ0v) is 13.8. The lowest BCUT2D eigenvalue weighted by atomic mass is 9.79. The fourth-order valence-electron chi connectivity index (χ4n) is 4.89. The van der Waals surface area contributed by atoms with Crippen LogP contribution in [0.15, 0.2) is 0 Å². The Morgan fingerprint density at radius 2 is 1.80 bits per heavy atom. The molecule has 20 heavy (non-hydrogen) atoms. The van der Waals surface area contributed by atoms with E-state index in [-0.39, 0.29) is 0 Å². The van der Waals surface area contributed by atoms with E-state index in [0.29, 0.717) is 5.54 Å². The minimum Gasteiger partial charge on any atom is -0.308 e. The Bertz CT molecular complexity index is 325. The maximum Gasteiger partial charge on any atom is 0.0309 e. The molecule has 3 aliphatic rings. The average Bonchev–Trinajstić information content (AvgIpc) is 3.32. The molecule has 1 N–H and O–H groups in total. The van der Waals surface area contributed by atoms with Crippen LogP contribution in [0.3, 0.4) is 0 Å². The highest BCUT2D eigenvalue weighted by atomic mass is 15.3. The van der Waals surface area contributed by atoms with Gasteiger partial charge in [-0.1, -0.05) is 33.1 Å². The van der Waals surface area contributed by atoms with Crippen molar-refractivity contribution >= 4 is 0 Å². The standard InChI is InChI=1S/C18H34N2/c1-4-14-8-6-7-9-17(14)20-13-18(3,15-10-11-15)19-12-16(20)5-2/h14-17,19H,4-13H2,1-3H3. The van der Waals surface area contributed by atoms with E-state index in [1.165, 1.54) is 64.5 Å². The fraction of sp³-hybridized carbons (Fsp3) is 1.00. The van der Waals surface area contributed by atoms with Crippen molar-refractivity contribution in [3.63, 3.8) is 0 Å². The molecule has 3 fully saturated rings. The second-order valence-corrected chi connectivity index (χ2v) is 7.83. The SMILES string of the molecule is CCC1CCCCC1N1CC(C)(C2CC2)NCC1CC. The van der Waals surface area contributed by atoms with E-state index in [0.717, 1.165) is 23.9 Å². The van der Waals surface area contributed by atoms with E-state index < -0.39 is 0 Å². The van der Waals surface area contributed by atoms with Gasteiger partial charge in [0.1, 0.15) is 0 Å².